The molecular weight excluding hydrogens is 214 g/mol. The second kappa shape index (κ2) is 6.17. The molecule has 1 fully saturated rings. The van der Waals surface area contributed by atoms with Gasteiger partial charge in [-0.1, -0.05) is 13.8 Å². The SMILES string of the molecule is COC(C)(C)C(O)CCN1CCC(C(C)C)C1. The predicted molar refractivity (Wildman–Crippen MR) is 71.1 cm³/mol. The Kier molecular flexibility index (Phi) is 5.42. The van der Waals surface area contributed by atoms with E-state index in [0.717, 1.165) is 24.8 Å². The molecule has 2 unspecified atom stereocenters. The Bertz CT molecular complexity index is 228. The van der Waals surface area contributed by atoms with Crippen molar-refractivity contribution in [2.24, 2.45) is 11.8 Å². The first-order chi connectivity index (χ1) is 7.86. The number of aliphatic hydroxyl groups is 1. The summed E-state index contributed by atoms with van der Waals surface area (Å²) in [6.45, 7) is 11.9. The molecule has 0 aromatic rings. The molecule has 1 N–H and O–H groups in total. The minimum Gasteiger partial charge on any atom is -0.390 e. The molecule has 3 heteroatoms. The summed E-state index contributed by atoms with van der Waals surface area (Å²) in [4.78, 5) is 2.47. The van der Waals surface area contributed by atoms with Gasteiger partial charge in [-0.3, -0.25) is 0 Å². The Morgan fingerprint density at radius 2 is 2.06 bits per heavy atom. The van der Waals surface area contributed by atoms with Crippen molar-refractivity contribution in [1.82, 2.24) is 4.90 Å². The van der Waals surface area contributed by atoms with E-state index in [1.807, 2.05) is 13.8 Å². The summed E-state index contributed by atoms with van der Waals surface area (Å²) in [6.07, 6.45) is 1.72. The highest BCUT2D eigenvalue weighted by Crippen LogP contribution is 2.24. The third-order valence-corrected chi connectivity index (χ3v) is 4.30. The van der Waals surface area contributed by atoms with Crippen LogP contribution in [0.4, 0.5) is 0 Å². The normalized spacial score (nSPS) is 24.5. The van der Waals surface area contributed by atoms with Crippen molar-refractivity contribution in [1.29, 1.82) is 0 Å². The van der Waals surface area contributed by atoms with Crippen molar-refractivity contribution in [2.45, 2.75) is 52.2 Å². The van der Waals surface area contributed by atoms with Crippen LogP contribution in [0.5, 0.6) is 0 Å². The van der Waals surface area contributed by atoms with Gasteiger partial charge in [0.1, 0.15) is 0 Å². The standard InChI is InChI=1S/C14H29NO2/c1-11(2)12-6-8-15(10-12)9-7-13(16)14(3,4)17-5/h11-13,16H,6-10H2,1-5H3. The molecule has 1 aliphatic rings. The van der Waals surface area contributed by atoms with E-state index in [-0.39, 0.29) is 6.10 Å². The lowest BCUT2D eigenvalue weighted by molar-refractivity contribution is -0.0820. The largest absolute Gasteiger partial charge is 0.390 e. The van der Waals surface area contributed by atoms with Gasteiger partial charge < -0.3 is 14.7 Å². The van der Waals surface area contributed by atoms with Crippen molar-refractivity contribution in [2.75, 3.05) is 26.7 Å². The fraction of sp³-hybridized carbons (Fsp3) is 1.00. The van der Waals surface area contributed by atoms with Crippen LogP contribution in [0, 0.1) is 11.8 Å². The second-order valence-corrected chi connectivity index (χ2v) is 6.21. The molecular formula is C14H29NO2. The van der Waals surface area contributed by atoms with Gasteiger partial charge in [0.15, 0.2) is 0 Å². The van der Waals surface area contributed by atoms with Gasteiger partial charge in [-0.15, -0.1) is 0 Å². The first-order valence-corrected chi connectivity index (χ1v) is 6.82. The van der Waals surface area contributed by atoms with E-state index >= 15 is 0 Å². The van der Waals surface area contributed by atoms with Gasteiger partial charge in [0, 0.05) is 20.2 Å². The van der Waals surface area contributed by atoms with Crippen molar-refractivity contribution in [3.63, 3.8) is 0 Å². The maximum atomic E-state index is 10.1. The highest BCUT2D eigenvalue weighted by atomic mass is 16.5. The summed E-state index contributed by atoms with van der Waals surface area (Å²) < 4.78 is 5.31. The molecule has 0 radical (unpaired) electrons. The molecule has 102 valence electrons. The van der Waals surface area contributed by atoms with E-state index < -0.39 is 5.60 Å². The number of aliphatic hydroxyl groups excluding tert-OH is 1. The van der Waals surface area contributed by atoms with E-state index in [9.17, 15) is 5.11 Å². The third-order valence-electron chi connectivity index (χ3n) is 4.30. The van der Waals surface area contributed by atoms with Crippen molar-refractivity contribution in [3.8, 4) is 0 Å². The zero-order valence-corrected chi connectivity index (χ0v) is 12.1. The maximum absolute atomic E-state index is 10.1. The number of hydrogen-bond acceptors (Lipinski definition) is 3. The minimum absolute atomic E-state index is 0.384. The van der Waals surface area contributed by atoms with E-state index in [2.05, 4.69) is 18.7 Å². The smallest absolute Gasteiger partial charge is 0.0880 e. The topological polar surface area (TPSA) is 32.7 Å². The minimum atomic E-state index is -0.433. The van der Waals surface area contributed by atoms with Gasteiger partial charge in [0.25, 0.3) is 0 Å². The predicted octanol–water partition coefficient (Wildman–Crippen LogP) is 2.14. The van der Waals surface area contributed by atoms with Gasteiger partial charge in [-0.05, 0) is 45.1 Å². The molecule has 0 bridgehead atoms. The van der Waals surface area contributed by atoms with Crippen molar-refractivity contribution < 1.29 is 9.84 Å². The quantitative estimate of drug-likeness (QED) is 0.776. The van der Waals surface area contributed by atoms with Crippen LogP contribution in [0.15, 0.2) is 0 Å². The molecule has 1 heterocycles. The molecule has 0 spiro atoms. The molecule has 17 heavy (non-hydrogen) atoms. The highest BCUT2D eigenvalue weighted by molar-refractivity contribution is 4.82. The zero-order valence-electron chi connectivity index (χ0n) is 12.1. The number of rotatable bonds is 6. The van der Waals surface area contributed by atoms with Crippen molar-refractivity contribution in [3.05, 3.63) is 0 Å². The summed E-state index contributed by atoms with van der Waals surface area (Å²) in [5.74, 6) is 1.61. The molecule has 0 aromatic carbocycles. The molecule has 0 aliphatic carbocycles. The lowest BCUT2D eigenvalue weighted by atomic mass is 9.95. The Labute approximate surface area is 106 Å². The maximum Gasteiger partial charge on any atom is 0.0880 e. The summed E-state index contributed by atoms with van der Waals surface area (Å²) in [5, 5.41) is 10.1. The fourth-order valence-electron chi connectivity index (χ4n) is 2.40. The first kappa shape index (κ1) is 14.9. The van der Waals surface area contributed by atoms with E-state index in [4.69, 9.17) is 4.74 Å². The summed E-state index contributed by atoms with van der Waals surface area (Å²) in [7, 11) is 1.66. The molecule has 1 rings (SSSR count). The Balaban J connectivity index is 2.28. The van der Waals surface area contributed by atoms with Crippen LogP contribution in [0.25, 0.3) is 0 Å². The van der Waals surface area contributed by atoms with Gasteiger partial charge in [-0.2, -0.15) is 0 Å². The molecule has 3 nitrogen and oxygen atoms in total. The molecule has 2 atom stereocenters. The highest BCUT2D eigenvalue weighted by Gasteiger charge is 2.29. The van der Waals surface area contributed by atoms with E-state index in [1.165, 1.54) is 19.5 Å². The summed E-state index contributed by atoms with van der Waals surface area (Å²) in [5.41, 5.74) is -0.433. The Morgan fingerprint density at radius 1 is 1.41 bits per heavy atom. The fourth-order valence-corrected chi connectivity index (χ4v) is 2.40. The van der Waals surface area contributed by atoms with Gasteiger partial charge in [0.05, 0.1) is 11.7 Å². The Hall–Kier alpha value is -0.120. The number of ether oxygens (including phenoxy) is 1. The van der Waals surface area contributed by atoms with Crippen LogP contribution in [-0.2, 0) is 4.74 Å². The molecule has 1 aliphatic heterocycles. The van der Waals surface area contributed by atoms with Gasteiger partial charge in [0.2, 0.25) is 0 Å². The average Bonchev–Trinajstić information content (AvgIpc) is 2.74. The van der Waals surface area contributed by atoms with Crippen LogP contribution >= 0.6 is 0 Å². The number of methoxy groups -OCH3 is 1. The Morgan fingerprint density at radius 3 is 2.53 bits per heavy atom. The third kappa shape index (κ3) is 4.23. The number of nitrogens with zero attached hydrogens (tertiary/aromatic N) is 1. The molecule has 1 saturated heterocycles. The summed E-state index contributed by atoms with van der Waals surface area (Å²) in [6, 6.07) is 0. The van der Waals surface area contributed by atoms with Crippen molar-refractivity contribution >= 4 is 0 Å². The average molecular weight is 243 g/mol. The number of hydrogen-bond donors (Lipinski definition) is 1. The lowest BCUT2D eigenvalue weighted by Gasteiger charge is -2.30. The zero-order chi connectivity index (χ0) is 13.1. The molecule has 0 aromatic heterocycles. The summed E-state index contributed by atoms with van der Waals surface area (Å²) >= 11 is 0. The van der Waals surface area contributed by atoms with Crippen LogP contribution in [0.3, 0.4) is 0 Å². The van der Waals surface area contributed by atoms with Gasteiger partial charge in [-0.25, -0.2) is 0 Å². The number of likely N-dealkylation sites (tertiary alicyclic amines) is 1. The van der Waals surface area contributed by atoms with Crippen LogP contribution in [-0.4, -0.2) is 48.5 Å². The second-order valence-electron chi connectivity index (χ2n) is 6.21. The van der Waals surface area contributed by atoms with E-state index in [0.29, 0.717) is 0 Å². The van der Waals surface area contributed by atoms with Crippen LogP contribution in [0.2, 0.25) is 0 Å². The lowest BCUT2D eigenvalue weighted by Crippen LogP contribution is -2.40. The molecule has 0 saturated carbocycles. The first-order valence-electron chi connectivity index (χ1n) is 6.82. The van der Waals surface area contributed by atoms with Crippen LogP contribution < -0.4 is 0 Å². The van der Waals surface area contributed by atoms with Crippen LogP contribution in [0.1, 0.15) is 40.5 Å². The monoisotopic (exact) mass is 243 g/mol. The van der Waals surface area contributed by atoms with E-state index in [1.54, 1.807) is 7.11 Å². The molecule has 0 amide bonds. The van der Waals surface area contributed by atoms with Gasteiger partial charge >= 0.3 is 0 Å².